The Bertz CT molecular complexity index is 658. The maximum Gasteiger partial charge on any atom is 0.334 e. The van der Waals surface area contributed by atoms with Crippen LogP contribution in [-0.4, -0.2) is 16.0 Å². The molecule has 7 heteroatoms. The lowest BCUT2D eigenvalue weighted by Crippen LogP contribution is -2.31. The van der Waals surface area contributed by atoms with Crippen LogP contribution in [0.5, 0.6) is 0 Å². The van der Waals surface area contributed by atoms with Gasteiger partial charge in [-0.25, -0.2) is 4.79 Å². The van der Waals surface area contributed by atoms with Crippen molar-refractivity contribution >= 4 is 28.6 Å². The first-order chi connectivity index (χ1) is 9.84. The standard InChI is InChI=1S/C14H13IN2O4/c1-7-11(14(18)19)12(9-5-3-4-6-10(9)15)13(17(20)21)8(2)16-7/h3-6,12,16H,1-2H3,(H,18,19)/t12-/m0/s1. The predicted molar refractivity (Wildman–Crippen MR) is 85.1 cm³/mol. The number of nitro groups is 1. The van der Waals surface area contributed by atoms with E-state index >= 15 is 0 Å². The van der Waals surface area contributed by atoms with Gasteiger partial charge in [-0.2, -0.15) is 0 Å². The summed E-state index contributed by atoms with van der Waals surface area (Å²) >= 11 is 2.06. The van der Waals surface area contributed by atoms with Gasteiger partial charge in [-0.3, -0.25) is 10.1 Å². The number of dihydropyridines is 1. The number of nitrogens with zero attached hydrogens (tertiary/aromatic N) is 1. The molecule has 1 aromatic carbocycles. The molecule has 0 aromatic heterocycles. The number of halogens is 1. The third-order valence-corrected chi connectivity index (χ3v) is 4.35. The van der Waals surface area contributed by atoms with Crippen molar-refractivity contribution in [2.45, 2.75) is 19.8 Å². The van der Waals surface area contributed by atoms with Crippen LogP contribution < -0.4 is 5.32 Å². The number of aliphatic carboxylic acids is 1. The zero-order valence-electron chi connectivity index (χ0n) is 11.4. The molecule has 0 bridgehead atoms. The van der Waals surface area contributed by atoms with Gasteiger partial charge in [0.05, 0.1) is 16.2 Å². The molecule has 0 saturated carbocycles. The van der Waals surface area contributed by atoms with Crippen molar-refractivity contribution < 1.29 is 14.8 Å². The second-order valence-corrected chi connectivity index (χ2v) is 5.85. The minimum atomic E-state index is -1.16. The van der Waals surface area contributed by atoms with Crippen LogP contribution in [0, 0.1) is 13.7 Å². The molecule has 0 amide bonds. The molecule has 6 nitrogen and oxygen atoms in total. The first-order valence-electron chi connectivity index (χ1n) is 6.15. The monoisotopic (exact) mass is 400 g/mol. The average molecular weight is 400 g/mol. The SMILES string of the molecule is CC1=C(C(=O)O)[C@H](c2ccccc2I)C([N+](=O)[O-])=C(C)N1. The highest BCUT2D eigenvalue weighted by atomic mass is 127. The van der Waals surface area contributed by atoms with Gasteiger partial charge in [0.25, 0.3) is 5.70 Å². The number of carboxylic acid groups (broad SMARTS) is 1. The highest BCUT2D eigenvalue weighted by Crippen LogP contribution is 2.39. The quantitative estimate of drug-likeness (QED) is 0.463. The molecule has 0 fully saturated rings. The Hall–Kier alpha value is -1.90. The Kier molecular flexibility index (Phi) is 4.31. The summed E-state index contributed by atoms with van der Waals surface area (Å²) in [6.07, 6.45) is 0. The zero-order chi connectivity index (χ0) is 15.7. The predicted octanol–water partition coefficient (Wildman–Crippen LogP) is 2.84. The van der Waals surface area contributed by atoms with Crippen molar-refractivity contribution in [1.82, 2.24) is 5.32 Å². The van der Waals surface area contributed by atoms with Crippen LogP contribution in [0.4, 0.5) is 0 Å². The molecule has 1 heterocycles. The average Bonchev–Trinajstić information content (AvgIpc) is 2.37. The Morgan fingerprint density at radius 1 is 1.33 bits per heavy atom. The van der Waals surface area contributed by atoms with Crippen molar-refractivity contribution in [1.29, 1.82) is 0 Å². The van der Waals surface area contributed by atoms with Gasteiger partial charge in [0.1, 0.15) is 5.92 Å². The van der Waals surface area contributed by atoms with E-state index in [1.165, 1.54) is 0 Å². The molecule has 0 radical (unpaired) electrons. The fourth-order valence-electron chi connectivity index (χ4n) is 2.52. The fraction of sp³-hybridized carbons (Fsp3) is 0.214. The van der Waals surface area contributed by atoms with Gasteiger partial charge in [0.2, 0.25) is 0 Å². The summed E-state index contributed by atoms with van der Waals surface area (Å²) in [7, 11) is 0. The number of allylic oxidation sites excluding steroid dienone is 3. The smallest absolute Gasteiger partial charge is 0.334 e. The van der Waals surface area contributed by atoms with Crippen LogP contribution in [0.1, 0.15) is 25.3 Å². The summed E-state index contributed by atoms with van der Waals surface area (Å²) in [6, 6.07) is 7.09. The molecular weight excluding hydrogens is 387 g/mol. The van der Waals surface area contributed by atoms with Gasteiger partial charge in [0.15, 0.2) is 0 Å². The molecule has 110 valence electrons. The van der Waals surface area contributed by atoms with Crippen LogP contribution in [0.3, 0.4) is 0 Å². The van der Waals surface area contributed by atoms with E-state index in [1.54, 1.807) is 32.0 Å². The van der Waals surface area contributed by atoms with Crippen molar-refractivity contribution in [3.63, 3.8) is 0 Å². The molecule has 1 aliphatic heterocycles. The molecule has 2 rings (SSSR count). The fourth-order valence-corrected chi connectivity index (χ4v) is 3.22. The largest absolute Gasteiger partial charge is 0.478 e. The number of rotatable bonds is 3. The van der Waals surface area contributed by atoms with Gasteiger partial charge in [-0.05, 0) is 48.1 Å². The van der Waals surface area contributed by atoms with E-state index < -0.39 is 16.8 Å². The van der Waals surface area contributed by atoms with Gasteiger partial charge in [-0.1, -0.05) is 18.2 Å². The second kappa shape index (κ2) is 5.84. The highest BCUT2D eigenvalue weighted by Gasteiger charge is 2.40. The van der Waals surface area contributed by atoms with Crippen LogP contribution in [0.15, 0.2) is 46.9 Å². The molecule has 0 aliphatic carbocycles. The summed E-state index contributed by atoms with van der Waals surface area (Å²) in [5, 5.41) is 23.7. The van der Waals surface area contributed by atoms with E-state index in [0.717, 1.165) is 3.57 Å². The second-order valence-electron chi connectivity index (χ2n) is 4.69. The molecule has 1 aromatic rings. The number of nitrogens with one attached hydrogen (secondary N) is 1. The highest BCUT2D eigenvalue weighted by molar-refractivity contribution is 14.1. The van der Waals surface area contributed by atoms with Gasteiger partial charge in [0, 0.05) is 9.27 Å². The number of hydrogen-bond donors (Lipinski definition) is 2. The molecule has 0 unspecified atom stereocenters. The summed E-state index contributed by atoms with van der Waals surface area (Å²) in [4.78, 5) is 22.5. The van der Waals surface area contributed by atoms with E-state index in [-0.39, 0.29) is 11.3 Å². The third kappa shape index (κ3) is 2.78. The summed E-state index contributed by atoms with van der Waals surface area (Å²) in [5.41, 5.74) is 1.31. The van der Waals surface area contributed by atoms with E-state index in [0.29, 0.717) is 17.0 Å². The van der Waals surface area contributed by atoms with Crippen molar-refractivity contribution in [3.05, 3.63) is 66.2 Å². The Morgan fingerprint density at radius 2 is 1.95 bits per heavy atom. The Labute approximate surface area is 134 Å². The zero-order valence-corrected chi connectivity index (χ0v) is 13.5. The topological polar surface area (TPSA) is 92.5 Å². The van der Waals surface area contributed by atoms with Gasteiger partial charge >= 0.3 is 5.97 Å². The number of carboxylic acids is 1. The van der Waals surface area contributed by atoms with Crippen LogP contribution in [0.25, 0.3) is 0 Å². The maximum atomic E-state index is 11.6. The summed E-state index contributed by atoms with van der Waals surface area (Å²) in [6.45, 7) is 3.20. The summed E-state index contributed by atoms with van der Waals surface area (Å²) < 4.78 is 0.792. The molecule has 1 atom stereocenters. The van der Waals surface area contributed by atoms with E-state index in [9.17, 15) is 20.0 Å². The molecular formula is C14H13IN2O4. The van der Waals surface area contributed by atoms with Gasteiger partial charge in [-0.15, -0.1) is 0 Å². The van der Waals surface area contributed by atoms with Crippen molar-refractivity contribution in [2.75, 3.05) is 0 Å². The normalized spacial score (nSPS) is 18.5. The maximum absolute atomic E-state index is 11.6. The molecule has 1 aliphatic rings. The van der Waals surface area contributed by atoms with E-state index in [4.69, 9.17) is 0 Å². The lowest BCUT2D eigenvalue weighted by Gasteiger charge is -2.25. The lowest BCUT2D eigenvalue weighted by molar-refractivity contribution is -0.431. The number of hydrogen-bond acceptors (Lipinski definition) is 4. The van der Waals surface area contributed by atoms with Crippen LogP contribution >= 0.6 is 22.6 Å². The minimum absolute atomic E-state index is 0.0106. The van der Waals surface area contributed by atoms with Crippen molar-refractivity contribution in [3.8, 4) is 0 Å². The molecule has 0 spiro atoms. The van der Waals surface area contributed by atoms with E-state index in [2.05, 4.69) is 27.9 Å². The minimum Gasteiger partial charge on any atom is -0.478 e. The first kappa shape index (κ1) is 15.5. The molecule has 2 N–H and O–H groups in total. The molecule has 0 saturated heterocycles. The Balaban J connectivity index is 2.74. The van der Waals surface area contributed by atoms with Crippen LogP contribution in [-0.2, 0) is 4.79 Å². The van der Waals surface area contributed by atoms with Gasteiger partial charge < -0.3 is 10.4 Å². The third-order valence-electron chi connectivity index (χ3n) is 3.37. The number of carbonyl (C=O) groups is 1. The molecule has 21 heavy (non-hydrogen) atoms. The Morgan fingerprint density at radius 3 is 2.48 bits per heavy atom. The van der Waals surface area contributed by atoms with Crippen molar-refractivity contribution in [2.24, 2.45) is 0 Å². The summed E-state index contributed by atoms with van der Waals surface area (Å²) in [5.74, 6) is -2.04. The number of benzene rings is 1. The lowest BCUT2D eigenvalue weighted by atomic mass is 9.84. The van der Waals surface area contributed by atoms with E-state index in [1.807, 2.05) is 6.07 Å². The first-order valence-corrected chi connectivity index (χ1v) is 7.23. The van der Waals surface area contributed by atoms with Crippen LogP contribution in [0.2, 0.25) is 0 Å².